The molecule has 37 heavy (non-hydrogen) atoms. The predicted octanol–water partition coefficient (Wildman–Crippen LogP) is -0.490. The number of allylic oxidation sites excluding steroid dienone is 1. The minimum absolute atomic E-state index is 0.0951. The number of anilines is 1. The van der Waals surface area contributed by atoms with Crippen molar-refractivity contribution in [3.63, 3.8) is 0 Å². The molecule has 1 aromatic heterocycles. The number of urea groups is 2. The van der Waals surface area contributed by atoms with Crippen LogP contribution in [0.1, 0.15) is 25.5 Å². The molecule has 15 heteroatoms. The van der Waals surface area contributed by atoms with Gasteiger partial charge in [0.15, 0.2) is 6.23 Å². The average Bonchev–Trinajstić information content (AvgIpc) is 2.80. The van der Waals surface area contributed by atoms with Crippen molar-refractivity contribution in [3.05, 3.63) is 33.9 Å². The summed E-state index contributed by atoms with van der Waals surface area (Å²) < 4.78 is 16.3. The molecule has 0 saturated heterocycles. The normalized spacial score (nSPS) is 14.7. The number of hydrogen-bond acceptors (Lipinski definition) is 10. The Hall–Kier alpha value is -3.53. The van der Waals surface area contributed by atoms with Gasteiger partial charge in [-0.3, -0.25) is 15.4 Å². The number of amides is 4. The SMILES string of the molecule is CC1=CC(O)N=C(NC(=O)NCCCOCCOCCOCCCNC(=O)Nc2nc(=O)cc(C)[nH]2)N1. The molecule has 0 spiro atoms. The molecule has 0 aliphatic carbocycles. The summed E-state index contributed by atoms with van der Waals surface area (Å²) >= 11 is 0. The summed E-state index contributed by atoms with van der Waals surface area (Å²) in [6.45, 7) is 6.90. The molecule has 0 saturated carbocycles. The van der Waals surface area contributed by atoms with Crippen LogP contribution in [0.15, 0.2) is 27.6 Å². The summed E-state index contributed by atoms with van der Waals surface area (Å²) in [4.78, 5) is 45.2. The van der Waals surface area contributed by atoms with Gasteiger partial charge in [-0.1, -0.05) is 0 Å². The van der Waals surface area contributed by atoms with Gasteiger partial charge in [-0.05, 0) is 32.8 Å². The first-order chi connectivity index (χ1) is 17.8. The molecule has 1 atom stereocenters. The summed E-state index contributed by atoms with van der Waals surface area (Å²) in [5, 5.41) is 22.7. The highest BCUT2D eigenvalue weighted by Gasteiger charge is 2.12. The standard InChI is InChI=1S/C22H36N8O7/c1-15-13-17(31)27-19(25-15)29-21(33)23-5-3-7-35-9-11-37-12-10-36-8-4-6-24-22(34)30-20-26-16(2)14-18(32)28-20/h13-14,17,31H,3-12H2,1-2H3,(H3,23,25,27,29,33)(H3,24,26,28,30,32,34). The van der Waals surface area contributed by atoms with E-state index in [2.05, 4.69) is 41.5 Å². The molecule has 0 fully saturated rings. The number of H-pyrrole nitrogens is 1. The lowest BCUT2D eigenvalue weighted by atomic mass is 10.3. The minimum atomic E-state index is -0.973. The Morgan fingerprint density at radius 3 is 2.08 bits per heavy atom. The number of nitrogens with one attached hydrogen (secondary N) is 6. The number of nitrogens with zero attached hydrogens (tertiary/aromatic N) is 2. The highest BCUT2D eigenvalue weighted by atomic mass is 16.5. The van der Waals surface area contributed by atoms with Gasteiger partial charge in [0, 0.05) is 43.8 Å². The second-order valence-electron chi connectivity index (χ2n) is 7.92. The molecular weight excluding hydrogens is 488 g/mol. The van der Waals surface area contributed by atoms with Crippen molar-refractivity contribution in [2.75, 3.05) is 58.0 Å². The van der Waals surface area contributed by atoms with Gasteiger partial charge >= 0.3 is 12.1 Å². The zero-order chi connectivity index (χ0) is 26.9. The van der Waals surface area contributed by atoms with Crippen molar-refractivity contribution in [1.29, 1.82) is 0 Å². The first-order valence-corrected chi connectivity index (χ1v) is 11.9. The van der Waals surface area contributed by atoms with Gasteiger partial charge in [0.05, 0.1) is 26.4 Å². The summed E-state index contributed by atoms with van der Waals surface area (Å²) in [7, 11) is 0. The third kappa shape index (κ3) is 14.0. The summed E-state index contributed by atoms with van der Waals surface area (Å²) in [5.74, 6) is 0.287. The van der Waals surface area contributed by atoms with E-state index in [1.807, 2.05) is 0 Å². The molecule has 1 unspecified atom stereocenters. The minimum Gasteiger partial charge on any atom is -0.379 e. The van der Waals surface area contributed by atoms with Crippen LogP contribution in [0.5, 0.6) is 0 Å². The predicted molar refractivity (Wildman–Crippen MR) is 135 cm³/mol. The molecule has 0 radical (unpaired) electrons. The number of aromatic nitrogens is 2. The van der Waals surface area contributed by atoms with Crippen LogP contribution in [-0.2, 0) is 14.2 Å². The summed E-state index contributed by atoms with van der Waals surface area (Å²) in [5.41, 5.74) is 0.877. The molecule has 2 heterocycles. The van der Waals surface area contributed by atoms with Crippen LogP contribution < -0.4 is 32.1 Å². The Kier molecular flexibility index (Phi) is 13.7. The first kappa shape index (κ1) is 29.7. The number of aliphatic hydroxyl groups excluding tert-OH is 1. The Morgan fingerprint density at radius 1 is 0.946 bits per heavy atom. The number of aryl methyl sites for hydroxylation is 1. The van der Waals surface area contributed by atoms with Crippen molar-refractivity contribution in [2.24, 2.45) is 4.99 Å². The highest BCUT2D eigenvalue weighted by Crippen LogP contribution is 2.00. The molecule has 0 aromatic carbocycles. The third-order valence-electron chi connectivity index (χ3n) is 4.56. The number of carbonyl (C=O) groups is 2. The van der Waals surface area contributed by atoms with Crippen LogP contribution in [0.2, 0.25) is 0 Å². The Labute approximate surface area is 214 Å². The molecule has 1 aliphatic heterocycles. The van der Waals surface area contributed by atoms with Gasteiger partial charge < -0.3 is 40.3 Å². The lowest BCUT2D eigenvalue weighted by Crippen LogP contribution is -2.47. The van der Waals surface area contributed by atoms with Crippen molar-refractivity contribution in [3.8, 4) is 0 Å². The second-order valence-corrected chi connectivity index (χ2v) is 7.92. The molecule has 15 nitrogen and oxygen atoms in total. The fourth-order valence-electron chi connectivity index (χ4n) is 2.95. The van der Waals surface area contributed by atoms with Gasteiger partial charge in [0.2, 0.25) is 11.9 Å². The number of hydrogen-bond donors (Lipinski definition) is 7. The van der Waals surface area contributed by atoms with Crippen molar-refractivity contribution in [1.82, 2.24) is 31.2 Å². The van der Waals surface area contributed by atoms with E-state index in [4.69, 9.17) is 14.2 Å². The van der Waals surface area contributed by atoms with E-state index in [0.29, 0.717) is 77.0 Å². The van der Waals surface area contributed by atoms with Crippen LogP contribution in [0.3, 0.4) is 0 Å². The summed E-state index contributed by atoms with van der Waals surface area (Å²) in [6.07, 6.45) is 1.80. The number of carbonyl (C=O) groups excluding carboxylic acids is 2. The molecule has 1 aliphatic rings. The Morgan fingerprint density at radius 2 is 1.51 bits per heavy atom. The van der Waals surface area contributed by atoms with Crippen LogP contribution >= 0.6 is 0 Å². The number of rotatable bonds is 15. The van der Waals surface area contributed by atoms with Gasteiger partial charge in [-0.15, -0.1) is 0 Å². The van der Waals surface area contributed by atoms with Crippen LogP contribution in [0.4, 0.5) is 15.5 Å². The van der Waals surface area contributed by atoms with Crippen LogP contribution in [-0.4, -0.2) is 92.1 Å². The molecule has 2 rings (SSSR count). The number of ether oxygens (including phenoxy) is 3. The number of guanidine groups is 1. The van der Waals surface area contributed by atoms with Crippen molar-refractivity contribution >= 4 is 24.0 Å². The van der Waals surface area contributed by atoms with E-state index < -0.39 is 23.8 Å². The van der Waals surface area contributed by atoms with Crippen LogP contribution in [0.25, 0.3) is 0 Å². The van der Waals surface area contributed by atoms with Gasteiger partial charge in [0.1, 0.15) is 0 Å². The topological polar surface area (TPSA) is 200 Å². The molecule has 1 aromatic rings. The third-order valence-corrected chi connectivity index (χ3v) is 4.56. The molecule has 4 amide bonds. The van der Waals surface area contributed by atoms with Gasteiger partial charge in [-0.2, -0.15) is 4.98 Å². The van der Waals surface area contributed by atoms with Crippen molar-refractivity contribution in [2.45, 2.75) is 32.9 Å². The van der Waals surface area contributed by atoms with E-state index in [-0.39, 0.29) is 11.9 Å². The van der Waals surface area contributed by atoms with Crippen LogP contribution in [0, 0.1) is 6.92 Å². The van der Waals surface area contributed by atoms with Crippen molar-refractivity contribution < 1.29 is 28.9 Å². The maximum atomic E-state index is 11.8. The quantitative estimate of drug-likeness (QED) is 0.148. The lowest BCUT2D eigenvalue weighted by Gasteiger charge is -2.17. The highest BCUT2D eigenvalue weighted by molar-refractivity contribution is 5.97. The molecule has 206 valence electrons. The monoisotopic (exact) mass is 524 g/mol. The fraction of sp³-hybridized carbons (Fsp3) is 0.591. The van der Waals surface area contributed by atoms with E-state index in [9.17, 15) is 19.5 Å². The summed E-state index contributed by atoms with van der Waals surface area (Å²) in [6, 6.07) is 0.449. The van der Waals surface area contributed by atoms with E-state index in [1.54, 1.807) is 13.8 Å². The molecule has 7 N–H and O–H groups in total. The molecule has 0 bridgehead atoms. The lowest BCUT2D eigenvalue weighted by molar-refractivity contribution is 0.0140. The smallest absolute Gasteiger partial charge is 0.321 e. The second kappa shape index (κ2) is 17.0. The molecular formula is C22H36N8O7. The van der Waals surface area contributed by atoms with E-state index in [1.165, 1.54) is 12.1 Å². The average molecular weight is 525 g/mol. The largest absolute Gasteiger partial charge is 0.379 e. The zero-order valence-corrected chi connectivity index (χ0v) is 21.1. The maximum absolute atomic E-state index is 11.8. The van der Waals surface area contributed by atoms with Gasteiger partial charge in [-0.25, -0.2) is 14.6 Å². The first-order valence-electron chi connectivity index (χ1n) is 11.9. The maximum Gasteiger partial charge on any atom is 0.321 e. The van der Waals surface area contributed by atoms with E-state index >= 15 is 0 Å². The Balaban J connectivity index is 1.33. The number of aliphatic hydroxyl groups is 1. The van der Waals surface area contributed by atoms with Gasteiger partial charge in [0.25, 0.3) is 5.56 Å². The Bertz CT molecular complexity index is 982. The number of aromatic amines is 1. The van der Waals surface area contributed by atoms with E-state index in [0.717, 1.165) is 0 Å². The number of aliphatic imine (C=N–C) groups is 1. The zero-order valence-electron chi connectivity index (χ0n) is 21.1. The fourth-order valence-corrected chi connectivity index (χ4v) is 2.95.